The normalized spacial score (nSPS) is 13.8. The Bertz CT molecular complexity index is 403. The number of nitrogens with one attached hydrogen (secondary N) is 1. The van der Waals surface area contributed by atoms with E-state index in [-0.39, 0.29) is 5.97 Å². The first-order valence-corrected chi connectivity index (χ1v) is 7.84. The van der Waals surface area contributed by atoms with Crippen molar-refractivity contribution in [2.45, 2.75) is 43.8 Å². The number of esters is 1. The molecule has 0 spiro atoms. The van der Waals surface area contributed by atoms with Crippen LogP contribution in [0.15, 0.2) is 23.6 Å². The third-order valence-electron chi connectivity index (χ3n) is 3.05. The summed E-state index contributed by atoms with van der Waals surface area (Å²) in [5.41, 5.74) is -0.586. The number of hydrogen-bond donors (Lipinski definition) is 1. The zero-order valence-corrected chi connectivity index (χ0v) is 13.2. The van der Waals surface area contributed by atoms with E-state index in [4.69, 9.17) is 4.74 Å². The maximum absolute atomic E-state index is 11.8. The van der Waals surface area contributed by atoms with E-state index in [0.717, 1.165) is 36.7 Å². The third kappa shape index (κ3) is 5.46. The third-order valence-corrected chi connectivity index (χ3v) is 4.01. The molecular weight excluding hydrogens is 274 g/mol. The van der Waals surface area contributed by atoms with Crippen molar-refractivity contribution in [2.75, 3.05) is 19.4 Å². The fourth-order valence-electron chi connectivity index (χ4n) is 1.98. The number of likely N-dealkylation sites (N-methyl/N-ethyl adjacent to an activating group) is 1. The zero-order valence-electron chi connectivity index (χ0n) is 12.4. The number of nitrogens with zero attached hydrogens (tertiary/aromatic N) is 2. The molecule has 20 heavy (non-hydrogen) atoms. The largest absolute Gasteiger partial charge is 0.468 e. The highest BCUT2D eigenvalue weighted by Crippen LogP contribution is 2.19. The van der Waals surface area contributed by atoms with Crippen LogP contribution in [0.25, 0.3) is 0 Å². The number of thioether (sulfide) groups is 1. The van der Waals surface area contributed by atoms with E-state index in [2.05, 4.69) is 15.3 Å². The molecule has 1 heterocycles. The van der Waals surface area contributed by atoms with E-state index in [1.165, 1.54) is 7.11 Å². The topological polar surface area (TPSA) is 64.1 Å². The Hall–Kier alpha value is -1.14. The Balaban J connectivity index is 2.29. The summed E-state index contributed by atoms with van der Waals surface area (Å²) in [7, 11) is 1.43. The minimum atomic E-state index is -0.586. The molecule has 1 aromatic rings. The molecule has 112 valence electrons. The van der Waals surface area contributed by atoms with Crippen LogP contribution in [0.2, 0.25) is 0 Å². The molecule has 1 atom stereocenters. The fourth-order valence-corrected chi connectivity index (χ4v) is 2.78. The van der Waals surface area contributed by atoms with Gasteiger partial charge >= 0.3 is 5.97 Å². The van der Waals surface area contributed by atoms with E-state index in [0.29, 0.717) is 0 Å². The van der Waals surface area contributed by atoms with Gasteiger partial charge in [0.1, 0.15) is 5.54 Å². The van der Waals surface area contributed by atoms with Crippen LogP contribution in [-0.2, 0) is 9.53 Å². The van der Waals surface area contributed by atoms with E-state index in [1.54, 1.807) is 24.2 Å². The van der Waals surface area contributed by atoms with Gasteiger partial charge in [-0.15, -0.1) is 0 Å². The van der Waals surface area contributed by atoms with Crippen molar-refractivity contribution in [1.82, 2.24) is 15.3 Å². The zero-order chi connectivity index (χ0) is 14.8. The molecule has 1 N–H and O–H groups in total. The molecular formula is C14H23N3O2S. The van der Waals surface area contributed by atoms with E-state index in [1.807, 2.05) is 19.9 Å². The number of ether oxygens (including phenoxy) is 1. The molecule has 0 aromatic carbocycles. The Kier molecular flexibility index (Phi) is 7.54. The van der Waals surface area contributed by atoms with Crippen LogP contribution in [0.1, 0.15) is 33.1 Å². The summed E-state index contributed by atoms with van der Waals surface area (Å²) in [6, 6.07) is 1.81. The number of carbonyl (C=O) groups excluding carboxylic acids is 1. The average molecular weight is 297 g/mol. The first-order chi connectivity index (χ1) is 9.62. The molecule has 1 unspecified atom stereocenters. The Morgan fingerprint density at radius 2 is 2.10 bits per heavy atom. The highest BCUT2D eigenvalue weighted by molar-refractivity contribution is 7.99. The van der Waals surface area contributed by atoms with Gasteiger partial charge in [-0.05, 0) is 32.4 Å². The van der Waals surface area contributed by atoms with E-state index >= 15 is 0 Å². The van der Waals surface area contributed by atoms with E-state index in [9.17, 15) is 4.79 Å². The van der Waals surface area contributed by atoms with E-state index < -0.39 is 5.54 Å². The molecule has 0 amide bonds. The van der Waals surface area contributed by atoms with Gasteiger partial charge in [0.25, 0.3) is 0 Å². The maximum atomic E-state index is 11.8. The second-order valence-electron chi connectivity index (χ2n) is 4.69. The second kappa shape index (κ2) is 8.92. The fraction of sp³-hybridized carbons (Fsp3) is 0.643. The quantitative estimate of drug-likeness (QED) is 0.326. The van der Waals surface area contributed by atoms with Gasteiger partial charge in [0.15, 0.2) is 5.16 Å². The number of rotatable bonds is 9. The molecule has 0 saturated carbocycles. The summed E-state index contributed by atoms with van der Waals surface area (Å²) >= 11 is 1.64. The summed E-state index contributed by atoms with van der Waals surface area (Å²) in [5, 5.41) is 4.01. The van der Waals surface area contributed by atoms with Crippen LogP contribution in [0.5, 0.6) is 0 Å². The molecule has 0 bridgehead atoms. The van der Waals surface area contributed by atoms with Gasteiger partial charge in [0.05, 0.1) is 7.11 Å². The number of aromatic nitrogens is 2. The lowest BCUT2D eigenvalue weighted by atomic mass is 9.95. The lowest BCUT2D eigenvalue weighted by Crippen LogP contribution is -2.50. The summed E-state index contributed by atoms with van der Waals surface area (Å²) < 4.78 is 4.87. The average Bonchev–Trinajstić information content (AvgIpc) is 2.47. The summed E-state index contributed by atoms with van der Waals surface area (Å²) in [6.07, 6.45) is 6.23. The Morgan fingerprint density at radius 1 is 1.40 bits per heavy atom. The van der Waals surface area contributed by atoms with Crippen LogP contribution in [0, 0.1) is 0 Å². The van der Waals surface area contributed by atoms with Gasteiger partial charge in [-0.3, -0.25) is 4.79 Å². The Morgan fingerprint density at radius 3 is 2.70 bits per heavy atom. The number of hydrogen-bond acceptors (Lipinski definition) is 6. The molecule has 1 rings (SSSR count). The Labute approximate surface area is 124 Å². The van der Waals surface area contributed by atoms with Crippen molar-refractivity contribution in [1.29, 1.82) is 0 Å². The van der Waals surface area contributed by atoms with Crippen molar-refractivity contribution in [3.8, 4) is 0 Å². The molecule has 5 nitrogen and oxygen atoms in total. The number of methoxy groups -OCH3 is 1. The van der Waals surface area contributed by atoms with Gasteiger partial charge < -0.3 is 10.1 Å². The maximum Gasteiger partial charge on any atom is 0.325 e. The van der Waals surface area contributed by atoms with Crippen LogP contribution >= 0.6 is 11.8 Å². The van der Waals surface area contributed by atoms with Crippen LogP contribution in [0.4, 0.5) is 0 Å². The first-order valence-electron chi connectivity index (χ1n) is 6.85. The lowest BCUT2D eigenvalue weighted by molar-refractivity contribution is -0.148. The van der Waals surface area contributed by atoms with Crippen molar-refractivity contribution in [3.05, 3.63) is 18.5 Å². The summed E-state index contributed by atoms with van der Waals surface area (Å²) in [6.45, 7) is 4.64. The van der Waals surface area contributed by atoms with Crippen molar-refractivity contribution in [3.63, 3.8) is 0 Å². The predicted molar refractivity (Wildman–Crippen MR) is 80.7 cm³/mol. The van der Waals surface area contributed by atoms with Gasteiger partial charge in [-0.1, -0.05) is 25.1 Å². The highest BCUT2D eigenvalue weighted by atomic mass is 32.2. The molecule has 0 radical (unpaired) electrons. The monoisotopic (exact) mass is 297 g/mol. The van der Waals surface area contributed by atoms with Crippen molar-refractivity contribution >= 4 is 17.7 Å². The molecule has 1 aromatic heterocycles. The minimum Gasteiger partial charge on any atom is -0.468 e. The summed E-state index contributed by atoms with van der Waals surface area (Å²) in [4.78, 5) is 20.1. The molecule has 0 aliphatic heterocycles. The number of carbonyl (C=O) groups is 1. The lowest BCUT2D eigenvalue weighted by Gasteiger charge is -2.27. The van der Waals surface area contributed by atoms with Crippen molar-refractivity contribution in [2.24, 2.45) is 0 Å². The standard InChI is InChI=1S/C14H23N3O2S/c1-4-17-14(2,12(18)19-3)8-5-6-11-20-13-15-9-7-10-16-13/h7,9-10,17H,4-6,8,11H2,1-3H3. The number of unbranched alkanes of at least 4 members (excludes halogenated alkanes) is 1. The van der Waals surface area contributed by atoms with Crippen molar-refractivity contribution < 1.29 is 9.53 Å². The molecule has 6 heteroatoms. The summed E-state index contributed by atoms with van der Waals surface area (Å²) in [5.74, 6) is 0.756. The predicted octanol–water partition coefficient (Wildman–Crippen LogP) is 2.28. The smallest absolute Gasteiger partial charge is 0.325 e. The molecule has 0 aliphatic rings. The van der Waals surface area contributed by atoms with Gasteiger partial charge in [0, 0.05) is 18.1 Å². The van der Waals surface area contributed by atoms with Gasteiger partial charge in [0.2, 0.25) is 0 Å². The van der Waals surface area contributed by atoms with Crippen LogP contribution in [-0.4, -0.2) is 40.9 Å². The van der Waals surface area contributed by atoms with Gasteiger partial charge in [-0.25, -0.2) is 9.97 Å². The molecule has 0 aliphatic carbocycles. The first kappa shape index (κ1) is 16.9. The van der Waals surface area contributed by atoms with Crippen LogP contribution in [0.3, 0.4) is 0 Å². The molecule has 0 fully saturated rings. The highest BCUT2D eigenvalue weighted by Gasteiger charge is 2.32. The second-order valence-corrected chi connectivity index (χ2v) is 5.75. The van der Waals surface area contributed by atoms with Gasteiger partial charge in [-0.2, -0.15) is 0 Å². The van der Waals surface area contributed by atoms with Crippen LogP contribution < -0.4 is 5.32 Å². The SMILES string of the molecule is CCNC(C)(CCCCSc1ncccn1)C(=O)OC. The minimum absolute atomic E-state index is 0.196. The molecule has 0 saturated heterocycles.